The molecular weight excluding hydrogens is 378 g/mol. The van der Waals surface area contributed by atoms with Crippen LogP contribution in [0.15, 0.2) is 48.8 Å². The molecule has 1 aliphatic heterocycles. The third kappa shape index (κ3) is 4.07. The van der Waals surface area contributed by atoms with Crippen LogP contribution in [0, 0.1) is 0 Å². The van der Waals surface area contributed by atoms with Crippen molar-refractivity contribution in [1.82, 2.24) is 20.2 Å². The van der Waals surface area contributed by atoms with Gasteiger partial charge in [0, 0.05) is 37.4 Å². The van der Waals surface area contributed by atoms with Gasteiger partial charge in [0.05, 0.1) is 19.0 Å². The van der Waals surface area contributed by atoms with Crippen molar-refractivity contribution in [3.63, 3.8) is 0 Å². The van der Waals surface area contributed by atoms with Crippen LogP contribution in [0.4, 0.5) is 23.3 Å². The van der Waals surface area contributed by atoms with E-state index < -0.39 is 0 Å². The van der Waals surface area contributed by atoms with E-state index in [1.54, 1.807) is 31.5 Å². The first kappa shape index (κ1) is 18.2. The fourth-order valence-corrected chi connectivity index (χ4v) is 3.25. The molecule has 1 fully saturated rings. The second-order valence-corrected chi connectivity index (χ2v) is 6.71. The fourth-order valence-electron chi connectivity index (χ4n) is 3.08. The van der Waals surface area contributed by atoms with Gasteiger partial charge in [0.25, 0.3) is 0 Å². The maximum Gasteiger partial charge on any atom is 0.247 e. The number of nitrogens with one attached hydrogen (secondary N) is 1. The minimum absolute atomic E-state index is 0.581. The van der Waals surface area contributed by atoms with Gasteiger partial charge in [0.2, 0.25) is 5.95 Å². The van der Waals surface area contributed by atoms with Gasteiger partial charge in [-0.1, -0.05) is 17.7 Å². The highest BCUT2D eigenvalue weighted by Gasteiger charge is 2.20. The predicted molar refractivity (Wildman–Crippen MR) is 110 cm³/mol. The second-order valence-electron chi connectivity index (χ2n) is 6.27. The number of hydrogen-bond acceptors (Lipinski definition) is 8. The van der Waals surface area contributed by atoms with Gasteiger partial charge in [-0.2, -0.15) is 10.1 Å². The first-order valence-corrected chi connectivity index (χ1v) is 9.32. The van der Waals surface area contributed by atoms with Crippen LogP contribution in [0.5, 0.6) is 5.75 Å². The van der Waals surface area contributed by atoms with E-state index in [0.29, 0.717) is 22.5 Å². The number of halogens is 1. The lowest BCUT2D eigenvalue weighted by Crippen LogP contribution is -2.47. The quantitative estimate of drug-likeness (QED) is 0.703. The molecule has 1 aromatic carbocycles. The predicted octanol–water partition coefficient (Wildman–Crippen LogP) is 3.00. The Kier molecular flexibility index (Phi) is 5.38. The van der Waals surface area contributed by atoms with E-state index in [1.165, 1.54) is 0 Å². The summed E-state index contributed by atoms with van der Waals surface area (Å²) in [5, 5.41) is 12.1. The lowest BCUT2D eigenvalue weighted by Gasteiger charge is -2.35. The summed E-state index contributed by atoms with van der Waals surface area (Å²) >= 11 is 6.10. The summed E-state index contributed by atoms with van der Waals surface area (Å²) in [5.41, 5.74) is 0.724. The summed E-state index contributed by atoms with van der Waals surface area (Å²) in [6, 6.07) is 11.3. The smallest absolute Gasteiger partial charge is 0.247 e. The Hall–Kier alpha value is -3.13. The number of hydrogen-bond donors (Lipinski definition) is 1. The Morgan fingerprint density at radius 2 is 1.89 bits per heavy atom. The van der Waals surface area contributed by atoms with Crippen LogP contribution in [0.1, 0.15) is 0 Å². The monoisotopic (exact) mass is 397 g/mol. The summed E-state index contributed by atoms with van der Waals surface area (Å²) in [6.45, 7) is 3.28. The summed E-state index contributed by atoms with van der Waals surface area (Å²) in [4.78, 5) is 13.4. The first-order valence-electron chi connectivity index (χ1n) is 8.94. The number of benzene rings is 1. The topological polar surface area (TPSA) is 79.3 Å². The lowest BCUT2D eigenvalue weighted by molar-refractivity contribution is 0.417. The maximum absolute atomic E-state index is 6.10. The van der Waals surface area contributed by atoms with Crippen molar-refractivity contribution in [3.05, 3.63) is 53.8 Å². The van der Waals surface area contributed by atoms with Crippen molar-refractivity contribution in [2.75, 3.05) is 48.4 Å². The highest BCUT2D eigenvalue weighted by molar-refractivity contribution is 6.31. The molecule has 0 bridgehead atoms. The molecule has 0 aliphatic carbocycles. The minimum atomic E-state index is 0.581. The van der Waals surface area contributed by atoms with Crippen LogP contribution in [0.2, 0.25) is 5.02 Å². The third-order valence-corrected chi connectivity index (χ3v) is 4.74. The van der Waals surface area contributed by atoms with Gasteiger partial charge in [-0.05, 0) is 30.3 Å². The summed E-state index contributed by atoms with van der Waals surface area (Å²) in [7, 11) is 1.61. The van der Waals surface area contributed by atoms with Gasteiger partial charge in [-0.3, -0.25) is 0 Å². The van der Waals surface area contributed by atoms with E-state index in [2.05, 4.69) is 35.3 Å². The number of anilines is 4. The molecule has 1 saturated heterocycles. The van der Waals surface area contributed by atoms with E-state index in [9.17, 15) is 0 Å². The van der Waals surface area contributed by atoms with Crippen LogP contribution in [0.3, 0.4) is 0 Å². The zero-order chi connectivity index (χ0) is 19.3. The zero-order valence-corrected chi connectivity index (χ0v) is 16.2. The van der Waals surface area contributed by atoms with Crippen molar-refractivity contribution in [1.29, 1.82) is 0 Å². The molecule has 0 atom stereocenters. The number of piperazine rings is 1. The van der Waals surface area contributed by atoms with Crippen molar-refractivity contribution >= 4 is 34.9 Å². The molecular formula is C19H20ClN7O. The molecule has 2 aromatic heterocycles. The standard InChI is InChI=1S/C19H20ClN7O/c1-28-16-6-5-14(20)12-15(16)23-17-13-22-25-19(24-17)27-10-8-26(9-11-27)18-4-2-3-7-21-18/h2-7,12-13H,8-11H2,1H3,(H,23,24,25). The van der Waals surface area contributed by atoms with Crippen molar-refractivity contribution in [2.45, 2.75) is 0 Å². The van der Waals surface area contributed by atoms with Crippen molar-refractivity contribution in [2.24, 2.45) is 0 Å². The molecule has 9 heteroatoms. The Bertz CT molecular complexity index is 933. The van der Waals surface area contributed by atoms with Gasteiger partial charge in [-0.25, -0.2) is 4.98 Å². The Morgan fingerprint density at radius 1 is 1.07 bits per heavy atom. The normalized spacial score (nSPS) is 14.1. The minimum Gasteiger partial charge on any atom is -0.495 e. The molecule has 144 valence electrons. The van der Waals surface area contributed by atoms with Gasteiger partial charge in [0.1, 0.15) is 11.6 Å². The lowest BCUT2D eigenvalue weighted by atomic mass is 10.3. The number of aromatic nitrogens is 4. The molecule has 1 N–H and O–H groups in total. The average molecular weight is 398 g/mol. The van der Waals surface area contributed by atoms with Crippen molar-refractivity contribution in [3.8, 4) is 5.75 Å². The molecule has 0 radical (unpaired) electrons. The van der Waals surface area contributed by atoms with E-state index in [4.69, 9.17) is 16.3 Å². The third-order valence-electron chi connectivity index (χ3n) is 4.51. The number of rotatable bonds is 5. The van der Waals surface area contributed by atoms with Gasteiger partial charge in [0.15, 0.2) is 5.82 Å². The second kappa shape index (κ2) is 8.26. The van der Waals surface area contributed by atoms with Crippen LogP contribution in [-0.4, -0.2) is 53.5 Å². The molecule has 1 aliphatic rings. The van der Waals surface area contributed by atoms with E-state index in [0.717, 1.165) is 37.7 Å². The molecule has 0 unspecified atom stereocenters. The fraction of sp³-hybridized carbons (Fsp3) is 0.263. The molecule has 4 rings (SSSR count). The van der Waals surface area contributed by atoms with Crippen molar-refractivity contribution < 1.29 is 4.74 Å². The molecule has 8 nitrogen and oxygen atoms in total. The van der Waals surface area contributed by atoms with Gasteiger partial charge in [-0.15, -0.1) is 5.10 Å². The van der Waals surface area contributed by atoms with Crippen LogP contribution >= 0.6 is 11.6 Å². The molecule has 3 aromatic rings. The molecule has 28 heavy (non-hydrogen) atoms. The van der Waals surface area contributed by atoms with Crippen LogP contribution in [-0.2, 0) is 0 Å². The van der Waals surface area contributed by atoms with Crippen LogP contribution < -0.4 is 19.9 Å². The number of nitrogens with zero attached hydrogens (tertiary/aromatic N) is 6. The van der Waals surface area contributed by atoms with Gasteiger partial charge < -0.3 is 19.9 Å². The molecule has 0 spiro atoms. The SMILES string of the molecule is COc1ccc(Cl)cc1Nc1cnnc(N2CCN(c3ccccn3)CC2)n1. The number of methoxy groups -OCH3 is 1. The number of pyridine rings is 1. The highest BCUT2D eigenvalue weighted by atomic mass is 35.5. The largest absolute Gasteiger partial charge is 0.495 e. The summed E-state index contributed by atoms with van der Waals surface area (Å²) in [6.07, 6.45) is 3.39. The molecule has 3 heterocycles. The highest BCUT2D eigenvalue weighted by Crippen LogP contribution is 2.30. The van der Waals surface area contributed by atoms with Crippen LogP contribution in [0.25, 0.3) is 0 Å². The maximum atomic E-state index is 6.10. The number of ether oxygens (including phenoxy) is 1. The Morgan fingerprint density at radius 3 is 2.64 bits per heavy atom. The zero-order valence-electron chi connectivity index (χ0n) is 15.4. The molecule has 0 saturated carbocycles. The first-order chi connectivity index (χ1) is 13.7. The van der Waals surface area contributed by atoms with E-state index in [-0.39, 0.29) is 0 Å². The van der Waals surface area contributed by atoms with E-state index >= 15 is 0 Å². The Balaban J connectivity index is 1.45. The summed E-state index contributed by atoms with van der Waals surface area (Å²) < 4.78 is 5.37. The van der Waals surface area contributed by atoms with Gasteiger partial charge >= 0.3 is 0 Å². The average Bonchev–Trinajstić information content (AvgIpc) is 2.75. The molecule has 0 amide bonds. The van der Waals surface area contributed by atoms with E-state index in [1.807, 2.05) is 24.4 Å². The summed E-state index contributed by atoms with van der Waals surface area (Å²) in [5.74, 6) is 2.84. The Labute approximate surface area is 168 Å².